The van der Waals surface area contributed by atoms with E-state index in [2.05, 4.69) is 5.32 Å². The van der Waals surface area contributed by atoms with Gasteiger partial charge in [0.1, 0.15) is 11.4 Å². The van der Waals surface area contributed by atoms with Gasteiger partial charge in [0.2, 0.25) is 0 Å². The van der Waals surface area contributed by atoms with Gasteiger partial charge < -0.3 is 27.0 Å². The molecule has 0 fully saturated rings. The first-order valence-electron chi connectivity index (χ1n) is 13.0. The molecule has 1 heterocycles. The molecular formula is C29H31F3N4O7S. The standard InChI is InChI=1S/C16H16N2O3.C11H14N2O2S.C2HF3O2/c17-10-12-5-4-6-13(9-12)16(21)18(11-15(19)20)14-7-2-1-3-8-14;1-13-11(15)8-6-4-2-3-5-7(6)16-9(8)10(12)14;3-2(4,5)1(6)7/h1-9H,10-11,17H2,(H,19,20);2-5H2,1H3,(H2,12,14)(H,13,15);(H,6,7). The lowest BCUT2D eigenvalue weighted by molar-refractivity contribution is -0.192. The number of nitrogens with zero attached hydrogens (tertiary/aromatic N) is 1. The lowest BCUT2D eigenvalue weighted by atomic mass is 9.94. The molecule has 0 atom stereocenters. The van der Waals surface area contributed by atoms with Gasteiger partial charge in [-0.15, -0.1) is 11.3 Å². The van der Waals surface area contributed by atoms with E-state index in [4.69, 9.17) is 26.5 Å². The first kappa shape index (κ1) is 35.4. The maximum atomic E-state index is 12.6. The van der Waals surface area contributed by atoms with Crippen molar-refractivity contribution in [2.24, 2.45) is 11.5 Å². The van der Waals surface area contributed by atoms with Crippen LogP contribution >= 0.6 is 11.3 Å². The van der Waals surface area contributed by atoms with Crippen LogP contribution in [0.4, 0.5) is 18.9 Å². The average Bonchev–Trinajstić information content (AvgIpc) is 3.40. The molecule has 3 amide bonds. The van der Waals surface area contributed by atoms with Crippen LogP contribution in [0, 0.1) is 0 Å². The largest absolute Gasteiger partial charge is 0.490 e. The van der Waals surface area contributed by atoms with Crippen molar-refractivity contribution < 1.29 is 47.4 Å². The quantitative estimate of drug-likeness (QED) is 0.260. The van der Waals surface area contributed by atoms with E-state index in [9.17, 15) is 32.3 Å². The highest BCUT2D eigenvalue weighted by atomic mass is 32.1. The van der Waals surface area contributed by atoms with Crippen LogP contribution in [0.5, 0.6) is 0 Å². The molecule has 0 unspecified atom stereocenters. The summed E-state index contributed by atoms with van der Waals surface area (Å²) in [5.74, 6) is -4.89. The Morgan fingerprint density at radius 3 is 2.11 bits per heavy atom. The zero-order chi connectivity index (χ0) is 33.0. The topological polar surface area (TPSA) is 193 Å². The van der Waals surface area contributed by atoms with Crippen LogP contribution < -0.4 is 21.7 Å². The predicted molar refractivity (Wildman–Crippen MR) is 157 cm³/mol. The van der Waals surface area contributed by atoms with E-state index in [0.717, 1.165) is 41.7 Å². The molecule has 1 aliphatic carbocycles. The molecular weight excluding hydrogens is 605 g/mol. The van der Waals surface area contributed by atoms with E-state index >= 15 is 0 Å². The molecule has 11 nitrogen and oxygen atoms in total. The third-order valence-electron chi connectivity index (χ3n) is 6.11. The van der Waals surface area contributed by atoms with Gasteiger partial charge in [0.25, 0.3) is 17.7 Å². The molecule has 7 N–H and O–H groups in total. The van der Waals surface area contributed by atoms with Crippen molar-refractivity contribution in [3.8, 4) is 0 Å². The van der Waals surface area contributed by atoms with Crippen molar-refractivity contribution in [3.05, 3.63) is 86.6 Å². The number of amides is 3. The van der Waals surface area contributed by atoms with Crippen LogP contribution in [0.25, 0.3) is 0 Å². The molecule has 15 heteroatoms. The smallest absolute Gasteiger partial charge is 0.480 e. The van der Waals surface area contributed by atoms with Crippen molar-refractivity contribution >= 4 is 46.7 Å². The van der Waals surface area contributed by atoms with Crippen molar-refractivity contribution in [2.45, 2.75) is 38.4 Å². The summed E-state index contributed by atoms with van der Waals surface area (Å²) >= 11 is 1.38. The first-order chi connectivity index (χ1) is 20.7. The second-order valence-corrected chi connectivity index (χ2v) is 10.3. The molecule has 0 saturated carbocycles. The number of fused-ring (bicyclic) bond motifs is 1. The number of rotatable bonds is 7. The number of hydrogen-bond acceptors (Lipinski definition) is 7. The maximum absolute atomic E-state index is 12.6. The number of thiophene rings is 1. The number of nitrogens with two attached hydrogens (primary N) is 2. The Bertz CT molecular complexity index is 1490. The number of carboxylic acids is 2. The third kappa shape index (κ3) is 9.91. The predicted octanol–water partition coefficient (Wildman–Crippen LogP) is 3.60. The Morgan fingerprint density at radius 2 is 1.59 bits per heavy atom. The number of halogens is 3. The van der Waals surface area contributed by atoms with Crippen LogP contribution in [-0.2, 0) is 29.0 Å². The normalized spacial score (nSPS) is 11.8. The Kier molecular flexibility index (Phi) is 13.0. The number of hydrogen-bond donors (Lipinski definition) is 5. The van der Waals surface area contributed by atoms with Crippen LogP contribution in [-0.4, -0.2) is 59.6 Å². The minimum absolute atomic E-state index is 0.201. The average molecular weight is 637 g/mol. The summed E-state index contributed by atoms with van der Waals surface area (Å²) in [6.07, 6.45) is -1.05. The number of benzene rings is 2. The summed E-state index contributed by atoms with van der Waals surface area (Å²) in [6.45, 7) is -0.0684. The lowest BCUT2D eigenvalue weighted by Gasteiger charge is -2.21. The van der Waals surface area contributed by atoms with Crippen LogP contribution in [0.3, 0.4) is 0 Å². The maximum Gasteiger partial charge on any atom is 0.490 e. The minimum Gasteiger partial charge on any atom is -0.480 e. The van der Waals surface area contributed by atoms with Crippen LogP contribution in [0.15, 0.2) is 54.6 Å². The van der Waals surface area contributed by atoms with Gasteiger partial charge in [0.05, 0.1) is 5.56 Å². The minimum atomic E-state index is -5.08. The molecule has 0 aliphatic heterocycles. The van der Waals surface area contributed by atoms with E-state index in [1.807, 2.05) is 12.1 Å². The number of anilines is 1. The van der Waals surface area contributed by atoms with Gasteiger partial charge in [-0.25, -0.2) is 4.79 Å². The molecule has 1 aromatic heterocycles. The van der Waals surface area contributed by atoms with Gasteiger partial charge in [-0.1, -0.05) is 30.3 Å². The lowest BCUT2D eigenvalue weighted by Crippen LogP contribution is -2.35. The molecule has 1 aliphatic rings. The number of carbonyl (C=O) groups excluding carboxylic acids is 3. The van der Waals surface area contributed by atoms with Gasteiger partial charge in [-0.2, -0.15) is 13.2 Å². The third-order valence-corrected chi connectivity index (χ3v) is 7.41. The summed E-state index contributed by atoms with van der Waals surface area (Å²) in [7, 11) is 1.57. The number of alkyl halides is 3. The molecule has 2 aromatic carbocycles. The van der Waals surface area contributed by atoms with Crippen molar-refractivity contribution in [1.82, 2.24) is 5.32 Å². The fraction of sp³-hybridized carbons (Fsp3) is 0.276. The molecule has 44 heavy (non-hydrogen) atoms. The Morgan fingerprint density at radius 1 is 0.977 bits per heavy atom. The zero-order valence-corrected chi connectivity index (χ0v) is 24.3. The number of aryl methyl sites for hydroxylation is 1. The summed E-state index contributed by atoms with van der Waals surface area (Å²) < 4.78 is 31.7. The summed E-state index contributed by atoms with van der Waals surface area (Å²) in [6, 6.07) is 15.6. The highest BCUT2D eigenvalue weighted by Crippen LogP contribution is 2.34. The van der Waals surface area contributed by atoms with Crippen molar-refractivity contribution in [1.29, 1.82) is 0 Å². The van der Waals surface area contributed by atoms with Crippen molar-refractivity contribution in [2.75, 3.05) is 18.5 Å². The summed E-state index contributed by atoms with van der Waals surface area (Å²) in [4.78, 5) is 58.4. The molecule has 0 radical (unpaired) electrons. The second kappa shape index (κ2) is 16.2. The number of carboxylic acid groups (broad SMARTS) is 2. The monoisotopic (exact) mass is 636 g/mol. The zero-order valence-electron chi connectivity index (χ0n) is 23.5. The molecule has 236 valence electrons. The number of nitrogens with one attached hydrogen (secondary N) is 1. The Balaban J connectivity index is 0.000000259. The SMILES string of the molecule is CNC(=O)c1c(C(N)=O)sc2c1CCCC2.NCc1cccc(C(=O)N(CC(=O)O)c2ccccc2)c1.O=C(O)C(F)(F)F. The van der Waals surface area contributed by atoms with Gasteiger partial charge in [0.15, 0.2) is 0 Å². The number of carbonyl (C=O) groups is 5. The van der Waals surface area contributed by atoms with E-state index in [0.29, 0.717) is 28.2 Å². The molecule has 0 saturated heterocycles. The number of aliphatic carboxylic acids is 2. The van der Waals surface area contributed by atoms with Crippen LogP contribution in [0.2, 0.25) is 0 Å². The number of para-hydroxylation sites is 1. The molecule has 0 bridgehead atoms. The summed E-state index contributed by atoms with van der Waals surface area (Å²) in [5, 5.41) is 18.7. The summed E-state index contributed by atoms with van der Waals surface area (Å²) in [5.41, 5.74) is 14.2. The van der Waals surface area contributed by atoms with Gasteiger partial charge in [0, 0.05) is 29.7 Å². The first-order valence-corrected chi connectivity index (χ1v) is 13.9. The van der Waals surface area contributed by atoms with Gasteiger partial charge in [-0.3, -0.25) is 24.1 Å². The van der Waals surface area contributed by atoms with E-state index in [-0.39, 0.29) is 11.8 Å². The van der Waals surface area contributed by atoms with E-state index in [1.54, 1.807) is 49.5 Å². The van der Waals surface area contributed by atoms with Crippen molar-refractivity contribution in [3.63, 3.8) is 0 Å². The molecule has 0 spiro atoms. The fourth-order valence-electron chi connectivity index (χ4n) is 4.12. The number of primary amides is 1. The van der Waals surface area contributed by atoms with Gasteiger partial charge >= 0.3 is 18.1 Å². The second-order valence-electron chi connectivity index (χ2n) is 9.19. The highest BCUT2D eigenvalue weighted by Gasteiger charge is 2.38. The van der Waals surface area contributed by atoms with Gasteiger partial charge in [-0.05, 0) is 61.1 Å². The Hall–Kier alpha value is -4.76. The highest BCUT2D eigenvalue weighted by molar-refractivity contribution is 7.14. The van der Waals surface area contributed by atoms with Crippen LogP contribution in [0.1, 0.15) is 59.2 Å². The molecule has 3 aromatic rings. The van der Waals surface area contributed by atoms with E-state index in [1.165, 1.54) is 16.2 Å². The Labute approximate surface area is 254 Å². The molecule has 4 rings (SSSR count). The van der Waals surface area contributed by atoms with E-state index < -0.39 is 30.6 Å². The fourth-order valence-corrected chi connectivity index (χ4v) is 5.35.